The van der Waals surface area contributed by atoms with Crippen molar-refractivity contribution in [3.63, 3.8) is 0 Å². The molecule has 0 saturated heterocycles. The number of carbonyl (C=O) groups is 2. The first kappa shape index (κ1) is 22.1. The normalized spacial score (nSPS) is 10.9. The van der Waals surface area contributed by atoms with Crippen molar-refractivity contribution in [1.29, 1.82) is 0 Å². The molecule has 0 bridgehead atoms. The average molecular weight is 334 g/mol. The van der Waals surface area contributed by atoms with E-state index in [9.17, 15) is 9.59 Å². The van der Waals surface area contributed by atoms with Gasteiger partial charge in [0.25, 0.3) is 0 Å². The first-order valence-electron chi connectivity index (χ1n) is 8.87. The van der Waals surface area contributed by atoms with E-state index in [1.807, 2.05) is 0 Å². The molecule has 24 heavy (non-hydrogen) atoms. The van der Waals surface area contributed by atoms with Gasteiger partial charge in [-0.2, -0.15) is 0 Å². The van der Waals surface area contributed by atoms with Crippen molar-refractivity contribution in [2.75, 3.05) is 6.61 Å². The third-order valence-corrected chi connectivity index (χ3v) is 3.34. The van der Waals surface area contributed by atoms with Crippen LogP contribution in [0.4, 0.5) is 0 Å². The minimum Gasteiger partial charge on any atom is -0.466 e. The fourth-order valence-corrected chi connectivity index (χ4v) is 1.99. The van der Waals surface area contributed by atoms with E-state index >= 15 is 0 Å². The Labute approximate surface area is 146 Å². The summed E-state index contributed by atoms with van der Waals surface area (Å²) in [6, 6.07) is 0. The second-order valence-electron chi connectivity index (χ2n) is 5.60. The quantitative estimate of drug-likeness (QED) is 0.307. The molecule has 0 aliphatic carbocycles. The number of carbonyl (C=O) groups excluding carboxylic acids is 2. The van der Waals surface area contributed by atoms with Crippen LogP contribution in [0.25, 0.3) is 0 Å². The molecule has 4 nitrogen and oxygen atoms in total. The number of esters is 2. The van der Waals surface area contributed by atoms with Crippen molar-refractivity contribution < 1.29 is 19.1 Å². The molecule has 0 aromatic rings. The minimum absolute atomic E-state index is 0.00573. The lowest BCUT2D eigenvalue weighted by Gasteiger charge is -2.07. The molecule has 0 rings (SSSR count). The van der Waals surface area contributed by atoms with Crippen LogP contribution in [0.2, 0.25) is 0 Å². The van der Waals surface area contributed by atoms with Gasteiger partial charge in [0.2, 0.25) is 0 Å². The number of hydrogen-bond acceptors (Lipinski definition) is 4. The van der Waals surface area contributed by atoms with Crippen LogP contribution in [-0.4, -0.2) is 24.6 Å². The topological polar surface area (TPSA) is 52.6 Å². The standard InChI is InChI=1S/C20H30O4/c1-4-6-7-8-9-10-11-12-13-14-17-23-19(21)15-16-20(22)24-18(3)5-2/h2,18H,4,8-17H2,1,3H3. The highest BCUT2D eigenvalue weighted by Gasteiger charge is 2.11. The van der Waals surface area contributed by atoms with Crippen molar-refractivity contribution >= 4 is 11.9 Å². The summed E-state index contributed by atoms with van der Waals surface area (Å²) in [6.45, 7) is 4.08. The van der Waals surface area contributed by atoms with Gasteiger partial charge in [0.15, 0.2) is 6.10 Å². The van der Waals surface area contributed by atoms with Gasteiger partial charge in [-0.25, -0.2) is 0 Å². The van der Waals surface area contributed by atoms with Gasteiger partial charge >= 0.3 is 11.9 Å². The summed E-state index contributed by atoms with van der Waals surface area (Å²) in [4.78, 5) is 22.8. The van der Waals surface area contributed by atoms with E-state index in [0.29, 0.717) is 6.61 Å². The number of unbranched alkanes of at least 4 members (excludes halogenated alkanes) is 6. The molecule has 0 N–H and O–H groups in total. The van der Waals surface area contributed by atoms with E-state index < -0.39 is 12.1 Å². The van der Waals surface area contributed by atoms with Crippen LogP contribution in [0.15, 0.2) is 0 Å². The van der Waals surface area contributed by atoms with Gasteiger partial charge in [0.1, 0.15) is 0 Å². The molecule has 0 saturated carbocycles. The second kappa shape index (κ2) is 15.9. The summed E-state index contributed by atoms with van der Waals surface area (Å²) >= 11 is 0. The van der Waals surface area contributed by atoms with Gasteiger partial charge in [0.05, 0.1) is 19.4 Å². The molecule has 0 amide bonds. The molecule has 1 unspecified atom stereocenters. The zero-order valence-corrected chi connectivity index (χ0v) is 15.1. The zero-order valence-electron chi connectivity index (χ0n) is 15.1. The summed E-state index contributed by atoms with van der Waals surface area (Å²) < 4.78 is 9.96. The Bertz CT molecular complexity index is 450. The van der Waals surface area contributed by atoms with Crippen molar-refractivity contribution in [2.45, 2.75) is 84.2 Å². The molecule has 0 aromatic carbocycles. The number of terminal acetylenes is 1. The lowest BCUT2D eigenvalue weighted by molar-refractivity contribution is -0.151. The molecule has 0 aliphatic rings. The Morgan fingerprint density at radius 1 is 0.958 bits per heavy atom. The fraction of sp³-hybridized carbons (Fsp3) is 0.700. The van der Waals surface area contributed by atoms with E-state index in [0.717, 1.165) is 38.5 Å². The fourth-order valence-electron chi connectivity index (χ4n) is 1.99. The van der Waals surface area contributed by atoms with Crippen molar-refractivity contribution in [3.8, 4) is 24.2 Å². The molecule has 1 atom stereocenters. The lowest BCUT2D eigenvalue weighted by atomic mass is 10.1. The minimum atomic E-state index is -0.563. The van der Waals surface area contributed by atoms with E-state index in [1.165, 1.54) is 12.8 Å². The summed E-state index contributed by atoms with van der Waals surface area (Å²) in [7, 11) is 0. The first-order chi connectivity index (χ1) is 11.6. The maximum absolute atomic E-state index is 11.5. The van der Waals surface area contributed by atoms with Crippen molar-refractivity contribution in [2.24, 2.45) is 0 Å². The molecule has 134 valence electrons. The molecule has 4 heteroatoms. The van der Waals surface area contributed by atoms with E-state index in [1.54, 1.807) is 6.92 Å². The number of ether oxygens (including phenoxy) is 2. The third kappa shape index (κ3) is 15.0. The summed E-state index contributed by atoms with van der Waals surface area (Å²) in [5.41, 5.74) is 0. The van der Waals surface area contributed by atoms with Crippen LogP contribution in [-0.2, 0) is 19.1 Å². The second-order valence-corrected chi connectivity index (χ2v) is 5.60. The Kier molecular flexibility index (Phi) is 14.6. The Balaban J connectivity index is 3.40. The third-order valence-electron chi connectivity index (χ3n) is 3.34. The highest BCUT2D eigenvalue weighted by Crippen LogP contribution is 2.07. The molecule has 0 aliphatic heterocycles. The van der Waals surface area contributed by atoms with Gasteiger partial charge < -0.3 is 9.47 Å². The van der Waals surface area contributed by atoms with Crippen LogP contribution in [0.5, 0.6) is 0 Å². The van der Waals surface area contributed by atoms with Gasteiger partial charge in [-0.3, -0.25) is 9.59 Å². The van der Waals surface area contributed by atoms with Gasteiger partial charge in [0, 0.05) is 12.8 Å². The largest absolute Gasteiger partial charge is 0.466 e. The first-order valence-corrected chi connectivity index (χ1v) is 8.87. The van der Waals surface area contributed by atoms with Crippen molar-refractivity contribution in [1.82, 2.24) is 0 Å². The van der Waals surface area contributed by atoms with Gasteiger partial charge in [-0.05, 0) is 19.8 Å². The molecule has 0 fully saturated rings. The van der Waals surface area contributed by atoms with Crippen LogP contribution in [0.1, 0.15) is 78.1 Å². The van der Waals surface area contributed by atoms with Crippen LogP contribution in [0, 0.1) is 24.2 Å². The van der Waals surface area contributed by atoms with Crippen molar-refractivity contribution in [3.05, 3.63) is 0 Å². The summed E-state index contributed by atoms with van der Waals surface area (Å²) in [6.07, 6.45) is 13.1. The number of hydrogen-bond donors (Lipinski definition) is 0. The van der Waals surface area contributed by atoms with E-state index in [-0.39, 0.29) is 18.8 Å². The van der Waals surface area contributed by atoms with E-state index in [2.05, 4.69) is 24.7 Å². The monoisotopic (exact) mass is 334 g/mol. The maximum Gasteiger partial charge on any atom is 0.307 e. The van der Waals surface area contributed by atoms with Crippen LogP contribution >= 0.6 is 0 Å². The van der Waals surface area contributed by atoms with Gasteiger partial charge in [-0.1, -0.05) is 38.5 Å². The maximum atomic E-state index is 11.5. The molecule has 0 heterocycles. The van der Waals surface area contributed by atoms with Crippen LogP contribution in [0.3, 0.4) is 0 Å². The molecule has 0 radical (unpaired) electrons. The summed E-state index contributed by atoms with van der Waals surface area (Å²) in [5.74, 6) is 7.67. The summed E-state index contributed by atoms with van der Waals surface area (Å²) in [5, 5.41) is 0. The Morgan fingerprint density at radius 3 is 2.25 bits per heavy atom. The highest BCUT2D eigenvalue weighted by atomic mass is 16.5. The van der Waals surface area contributed by atoms with E-state index in [4.69, 9.17) is 15.9 Å². The molecular formula is C20H30O4. The van der Waals surface area contributed by atoms with Crippen LogP contribution < -0.4 is 0 Å². The predicted molar refractivity (Wildman–Crippen MR) is 95.0 cm³/mol. The molecule has 0 spiro atoms. The molecular weight excluding hydrogens is 304 g/mol. The Hall–Kier alpha value is -1.94. The predicted octanol–water partition coefficient (Wildman–Crippen LogP) is 4.02. The highest BCUT2D eigenvalue weighted by molar-refractivity contribution is 5.77. The molecule has 0 aromatic heterocycles. The zero-order chi connectivity index (χ0) is 18.0. The Morgan fingerprint density at radius 2 is 1.58 bits per heavy atom. The number of rotatable bonds is 12. The smallest absolute Gasteiger partial charge is 0.307 e. The lowest BCUT2D eigenvalue weighted by Crippen LogP contribution is -2.15. The van der Waals surface area contributed by atoms with Gasteiger partial charge in [-0.15, -0.1) is 18.3 Å². The average Bonchev–Trinajstić information content (AvgIpc) is 2.57. The SMILES string of the molecule is C#CC(C)OC(=O)CCC(=O)OCCCCCCCCC#CCC.